The molecular weight excluding hydrogens is 364 g/mol. The SMILES string of the molecule is CC(C)c1[nH]c(=O)ccc1C(=O)N1CC[C@@](O)(c2ccccc2)[C@H]2CCCC[C@H]21. The van der Waals surface area contributed by atoms with E-state index in [1.54, 1.807) is 6.07 Å². The van der Waals surface area contributed by atoms with E-state index in [-0.39, 0.29) is 29.3 Å². The van der Waals surface area contributed by atoms with E-state index < -0.39 is 5.60 Å². The normalized spacial score (nSPS) is 27.0. The van der Waals surface area contributed by atoms with Gasteiger partial charge in [-0.1, -0.05) is 57.0 Å². The van der Waals surface area contributed by atoms with Crippen LogP contribution in [0.2, 0.25) is 0 Å². The van der Waals surface area contributed by atoms with Crippen LogP contribution in [0, 0.1) is 5.92 Å². The van der Waals surface area contributed by atoms with E-state index in [0.717, 1.165) is 31.2 Å². The number of benzene rings is 1. The first-order chi connectivity index (χ1) is 13.9. The Labute approximate surface area is 171 Å². The minimum absolute atomic E-state index is 0.0159. The van der Waals surface area contributed by atoms with Crippen LogP contribution < -0.4 is 5.56 Å². The number of likely N-dealkylation sites (tertiary alicyclic amines) is 1. The number of rotatable bonds is 3. The minimum atomic E-state index is -0.894. The number of fused-ring (bicyclic) bond motifs is 1. The highest BCUT2D eigenvalue weighted by molar-refractivity contribution is 5.95. The number of aromatic nitrogens is 1. The molecule has 0 radical (unpaired) electrons. The van der Waals surface area contributed by atoms with Gasteiger partial charge >= 0.3 is 0 Å². The molecule has 3 atom stereocenters. The number of nitrogens with zero attached hydrogens (tertiary/aromatic N) is 1. The summed E-state index contributed by atoms with van der Waals surface area (Å²) in [7, 11) is 0. The van der Waals surface area contributed by atoms with Gasteiger partial charge < -0.3 is 15.0 Å². The van der Waals surface area contributed by atoms with E-state index in [1.807, 2.05) is 49.1 Å². The first-order valence-electron chi connectivity index (χ1n) is 10.7. The van der Waals surface area contributed by atoms with Crippen LogP contribution in [0.25, 0.3) is 0 Å². The molecule has 0 spiro atoms. The molecule has 1 aliphatic carbocycles. The molecule has 2 N–H and O–H groups in total. The Morgan fingerprint density at radius 1 is 1.14 bits per heavy atom. The fourth-order valence-corrected chi connectivity index (χ4v) is 5.31. The number of hydrogen-bond donors (Lipinski definition) is 2. The molecule has 154 valence electrons. The van der Waals surface area contributed by atoms with Gasteiger partial charge in [-0.05, 0) is 36.8 Å². The van der Waals surface area contributed by atoms with Crippen molar-refractivity contribution in [3.05, 3.63) is 69.6 Å². The zero-order valence-electron chi connectivity index (χ0n) is 17.2. The second kappa shape index (κ2) is 7.79. The van der Waals surface area contributed by atoms with Crippen molar-refractivity contribution in [1.82, 2.24) is 9.88 Å². The number of pyridine rings is 1. The fraction of sp³-hybridized carbons (Fsp3) is 0.500. The van der Waals surface area contributed by atoms with Crippen molar-refractivity contribution < 1.29 is 9.90 Å². The summed E-state index contributed by atoms with van der Waals surface area (Å²) >= 11 is 0. The lowest BCUT2D eigenvalue weighted by atomic mass is 9.66. The van der Waals surface area contributed by atoms with Crippen LogP contribution in [0.4, 0.5) is 0 Å². The van der Waals surface area contributed by atoms with E-state index in [4.69, 9.17) is 0 Å². The largest absolute Gasteiger partial charge is 0.385 e. The van der Waals surface area contributed by atoms with Gasteiger partial charge in [-0.15, -0.1) is 0 Å². The number of carbonyl (C=O) groups excluding carboxylic acids is 1. The quantitative estimate of drug-likeness (QED) is 0.832. The lowest BCUT2D eigenvalue weighted by molar-refractivity contribution is -0.110. The summed E-state index contributed by atoms with van der Waals surface area (Å²) in [5.41, 5.74) is 1.15. The average Bonchev–Trinajstić information content (AvgIpc) is 2.74. The number of amides is 1. The molecule has 1 aliphatic heterocycles. The van der Waals surface area contributed by atoms with Crippen LogP contribution in [-0.2, 0) is 5.60 Å². The maximum absolute atomic E-state index is 13.6. The molecule has 1 aromatic heterocycles. The van der Waals surface area contributed by atoms with E-state index in [2.05, 4.69) is 4.98 Å². The topological polar surface area (TPSA) is 73.4 Å². The highest BCUT2D eigenvalue weighted by atomic mass is 16.3. The molecule has 5 nitrogen and oxygen atoms in total. The van der Waals surface area contributed by atoms with Gasteiger partial charge in [-0.2, -0.15) is 0 Å². The lowest BCUT2D eigenvalue weighted by Crippen LogP contribution is -2.59. The minimum Gasteiger partial charge on any atom is -0.385 e. The van der Waals surface area contributed by atoms with Gasteiger partial charge in [0, 0.05) is 30.3 Å². The molecule has 29 heavy (non-hydrogen) atoms. The van der Waals surface area contributed by atoms with Gasteiger partial charge in [0.2, 0.25) is 5.56 Å². The number of aliphatic hydroxyl groups is 1. The monoisotopic (exact) mass is 394 g/mol. The van der Waals surface area contributed by atoms with Crippen LogP contribution in [0.15, 0.2) is 47.3 Å². The second-order valence-electron chi connectivity index (χ2n) is 8.80. The number of hydrogen-bond acceptors (Lipinski definition) is 3. The number of carbonyl (C=O) groups is 1. The third-order valence-corrected chi connectivity index (χ3v) is 6.77. The van der Waals surface area contributed by atoms with E-state index in [9.17, 15) is 14.7 Å². The summed E-state index contributed by atoms with van der Waals surface area (Å²) < 4.78 is 0. The highest BCUT2D eigenvalue weighted by Crippen LogP contribution is 2.47. The van der Waals surface area contributed by atoms with Crippen molar-refractivity contribution in [3.8, 4) is 0 Å². The standard InChI is InChI=1S/C24H30N2O3/c1-16(2)22-18(12-13-21(27)25-22)23(28)26-15-14-24(29,17-8-4-3-5-9-17)19-10-6-7-11-20(19)26/h3-5,8-9,12-13,16,19-20,29H,6-7,10-11,14-15H2,1-2H3,(H,25,27)/t19-,20+,24+/m0/s1. The van der Waals surface area contributed by atoms with Gasteiger partial charge in [0.25, 0.3) is 5.91 Å². The maximum Gasteiger partial charge on any atom is 0.255 e. The van der Waals surface area contributed by atoms with Crippen molar-refractivity contribution in [2.45, 2.75) is 63.5 Å². The van der Waals surface area contributed by atoms with Crippen LogP contribution in [0.5, 0.6) is 0 Å². The molecule has 0 bridgehead atoms. The van der Waals surface area contributed by atoms with Crippen LogP contribution in [-0.4, -0.2) is 33.5 Å². The fourth-order valence-electron chi connectivity index (χ4n) is 5.31. The predicted octanol–water partition coefficient (Wildman–Crippen LogP) is 3.79. The number of nitrogens with one attached hydrogen (secondary N) is 1. The lowest BCUT2D eigenvalue weighted by Gasteiger charge is -2.52. The Morgan fingerprint density at radius 2 is 1.86 bits per heavy atom. The Morgan fingerprint density at radius 3 is 2.59 bits per heavy atom. The van der Waals surface area contributed by atoms with Crippen LogP contribution in [0.3, 0.4) is 0 Å². The van der Waals surface area contributed by atoms with Crippen molar-refractivity contribution in [1.29, 1.82) is 0 Å². The zero-order chi connectivity index (χ0) is 20.6. The maximum atomic E-state index is 13.6. The molecule has 5 heteroatoms. The smallest absolute Gasteiger partial charge is 0.255 e. The van der Waals surface area contributed by atoms with Gasteiger partial charge in [0.05, 0.1) is 11.2 Å². The second-order valence-corrected chi connectivity index (χ2v) is 8.80. The molecule has 2 fully saturated rings. The molecule has 2 aliphatic rings. The Bertz CT molecular complexity index is 937. The Balaban J connectivity index is 1.69. The van der Waals surface area contributed by atoms with Gasteiger partial charge in [-0.25, -0.2) is 0 Å². The van der Waals surface area contributed by atoms with Crippen LogP contribution >= 0.6 is 0 Å². The third-order valence-electron chi connectivity index (χ3n) is 6.77. The van der Waals surface area contributed by atoms with E-state index in [0.29, 0.717) is 24.2 Å². The van der Waals surface area contributed by atoms with Crippen molar-refractivity contribution >= 4 is 5.91 Å². The van der Waals surface area contributed by atoms with Crippen molar-refractivity contribution in [3.63, 3.8) is 0 Å². The Hall–Kier alpha value is -2.40. The summed E-state index contributed by atoms with van der Waals surface area (Å²) in [5.74, 6) is 0.0506. The van der Waals surface area contributed by atoms with Gasteiger partial charge in [0.15, 0.2) is 0 Å². The number of H-pyrrole nitrogens is 1. The molecule has 4 rings (SSSR count). The van der Waals surface area contributed by atoms with E-state index >= 15 is 0 Å². The molecular formula is C24H30N2O3. The first kappa shape index (κ1) is 19.9. The van der Waals surface area contributed by atoms with Crippen molar-refractivity contribution in [2.75, 3.05) is 6.54 Å². The predicted molar refractivity (Wildman–Crippen MR) is 113 cm³/mol. The molecule has 1 aromatic carbocycles. The molecule has 2 aromatic rings. The average molecular weight is 395 g/mol. The van der Waals surface area contributed by atoms with E-state index in [1.165, 1.54) is 6.07 Å². The highest BCUT2D eigenvalue weighted by Gasteiger charge is 2.50. The summed E-state index contributed by atoms with van der Waals surface area (Å²) in [4.78, 5) is 30.2. The van der Waals surface area contributed by atoms with Gasteiger partial charge in [-0.3, -0.25) is 9.59 Å². The molecule has 0 unspecified atom stereocenters. The summed E-state index contributed by atoms with van der Waals surface area (Å²) in [6.07, 6.45) is 4.51. The molecule has 2 heterocycles. The number of piperidine rings is 1. The molecule has 1 saturated heterocycles. The zero-order valence-corrected chi connectivity index (χ0v) is 17.2. The summed E-state index contributed by atoms with van der Waals surface area (Å²) in [6, 6.07) is 13.0. The van der Waals surface area contributed by atoms with Crippen LogP contribution in [0.1, 0.15) is 73.5 Å². The summed E-state index contributed by atoms with van der Waals surface area (Å²) in [6.45, 7) is 4.48. The summed E-state index contributed by atoms with van der Waals surface area (Å²) in [5, 5.41) is 11.7. The van der Waals surface area contributed by atoms with Crippen molar-refractivity contribution in [2.24, 2.45) is 5.92 Å². The molecule has 1 saturated carbocycles. The molecule has 1 amide bonds. The Kier molecular flexibility index (Phi) is 5.34. The first-order valence-corrected chi connectivity index (χ1v) is 10.7. The third kappa shape index (κ3) is 3.52. The number of aromatic amines is 1. The van der Waals surface area contributed by atoms with Gasteiger partial charge in [0.1, 0.15) is 0 Å².